The van der Waals surface area contributed by atoms with E-state index in [9.17, 15) is 4.79 Å². The summed E-state index contributed by atoms with van der Waals surface area (Å²) >= 11 is 1.15. The summed E-state index contributed by atoms with van der Waals surface area (Å²) in [6.07, 6.45) is 0. The molecule has 1 rings (SSSR count). The monoisotopic (exact) mass is 222 g/mol. The Hall–Kier alpha value is -0.810. The van der Waals surface area contributed by atoms with Gasteiger partial charge in [0.05, 0.1) is 12.3 Å². The van der Waals surface area contributed by atoms with Gasteiger partial charge in [-0.15, -0.1) is 12.4 Å². The van der Waals surface area contributed by atoms with E-state index in [2.05, 4.69) is 4.98 Å². The van der Waals surface area contributed by atoms with Crippen molar-refractivity contribution in [3.8, 4) is 0 Å². The van der Waals surface area contributed by atoms with Crippen LogP contribution in [0, 0.1) is 6.92 Å². The minimum atomic E-state index is -0.343. The summed E-state index contributed by atoms with van der Waals surface area (Å²) < 4.78 is 4.80. The number of aromatic nitrogens is 1. The second-order valence-corrected chi connectivity index (χ2v) is 3.22. The van der Waals surface area contributed by atoms with Crippen molar-refractivity contribution in [1.82, 2.24) is 4.98 Å². The highest BCUT2D eigenvalue weighted by molar-refractivity contribution is 7.17. The Morgan fingerprint density at radius 3 is 2.69 bits per heavy atom. The third-order valence-electron chi connectivity index (χ3n) is 1.27. The lowest BCUT2D eigenvalue weighted by molar-refractivity contribution is 0.0531. The number of rotatable bonds is 2. The van der Waals surface area contributed by atoms with Crippen molar-refractivity contribution in [2.45, 2.75) is 13.8 Å². The van der Waals surface area contributed by atoms with Gasteiger partial charge in [-0.05, 0) is 13.8 Å². The van der Waals surface area contributed by atoms with E-state index in [-0.39, 0.29) is 18.4 Å². The number of nitrogen functional groups attached to an aromatic ring is 1. The zero-order valence-electron chi connectivity index (χ0n) is 7.36. The number of esters is 1. The molecule has 74 valence electrons. The molecule has 2 N–H and O–H groups in total. The molecule has 0 aromatic carbocycles. The molecule has 0 radical (unpaired) electrons. The fraction of sp³-hybridized carbons (Fsp3) is 0.429. The Kier molecular flexibility index (Phi) is 4.72. The fourth-order valence-electron chi connectivity index (χ4n) is 0.803. The molecule has 1 aromatic rings. The van der Waals surface area contributed by atoms with Crippen molar-refractivity contribution in [1.29, 1.82) is 0 Å². The predicted molar refractivity (Wildman–Crippen MR) is 54.5 cm³/mol. The maximum absolute atomic E-state index is 11.2. The van der Waals surface area contributed by atoms with E-state index >= 15 is 0 Å². The second kappa shape index (κ2) is 5.04. The Morgan fingerprint density at radius 1 is 1.69 bits per heavy atom. The molecule has 0 amide bonds. The van der Waals surface area contributed by atoms with E-state index in [4.69, 9.17) is 10.5 Å². The highest BCUT2D eigenvalue weighted by Crippen LogP contribution is 2.20. The lowest BCUT2D eigenvalue weighted by Crippen LogP contribution is -2.03. The smallest absolute Gasteiger partial charge is 0.350 e. The van der Waals surface area contributed by atoms with Crippen LogP contribution in [0.1, 0.15) is 22.3 Å². The van der Waals surface area contributed by atoms with Gasteiger partial charge in [-0.2, -0.15) is 0 Å². The molecule has 0 saturated heterocycles. The van der Waals surface area contributed by atoms with Crippen LogP contribution in [-0.4, -0.2) is 17.6 Å². The van der Waals surface area contributed by atoms with E-state index < -0.39 is 0 Å². The van der Waals surface area contributed by atoms with Crippen LogP contribution in [0.4, 0.5) is 5.13 Å². The minimum Gasteiger partial charge on any atom is -0.462 e. The molecule has 0 aliphatic carbocycles. The number of aryl methyl sites for hydroxylation is 1. The minimum absolute atomic E-state index is 0. The van der Waals surface area contributed by atoms with Gasteiger partial charge in [0, 0.05) is 0 Å². The summed E-state index contributed by atoms with van der Waals surface area (Å²) in [5, 5.41) is 0.399. The second-order valence-electron chi connectivity index (χ2n) is 2.19. The van der Waals surface area contributed by atoms with E-state index in [1.54, 1.807) is 13.8 Å². The van der Waals surface area contributed by atoms with Gasteiger partial charge < -0.3 is 10.5 Å². The number of ether oxygens (including phenoxy) is 1. The van der Waals surface area contributed by atoms with E-state index in [1.807, 2.05) is 0 Å². The zero-order valence-corrected chi connectivity index (χ0v) is 9.00. The van der Waals surface area contributed by atoms with E-state index in [0.717, 1.165) is 11.3 Å². The predicted octanol–water partition coefficient (Wildman–Crippen LogP) is 1.63. The van der Waals surface area contributed by atoms with Crippen LogP contribution in [0.2, 0.25) is 0 Å². The number of nitrogens with zero attached hydrogens (tertiary/aromatic N) is 1. The van der Waals surface area contributed by atoms with E-state index in [0.29, 0.717) is 22.3 Å². The summed E-state index contributed by atoms with van der Waals surface area (Å²) in [6, 6.07) is 0. The number of thiazole rings is 1. The van der Waals surface area contributed by atoms with Crippen molar-refractivity contribution in [3.05, 3.63) is 10.6 Å². The first-order valence-corrected chi connectivity index (χ1v) is 4.36. The Balaban J connectivity index is 0.00000144. The molecule has 0 aliphatic heterocycles. The van der Waals surface area contributed by atoms with Gasteiger partial charge in [-0.25, -0.2) is 9.78 Å². The third-order valence-corrected chi connectivity index (χ3v) is 2.24. The molecule has 0 bridgehead atoms. The number of hydrogen-bond acceptors (Lipinski definition) is 5. The first kappa shape index (κ1) is 12.2. The molecular weight excluding hydrogens is 212 g/mol. The van der Waals surface area contributed by atoms with Crippen LogP contribution in [0.3, 0.4) is 0 Å². The first-order valence-electron chi connectivity index (χ1n) is 3.55. The average molecular weight is 223 g/mol. The maximum atomic E-state index is 11.2. The zero-order chi connectivity index (χ0) is 9.14. The molecule has 0 atom stereocenters. The molecule has 13 heavy (non-hydrogen) atoms. The number of nitrogens with two attached hydrogens (primary N) is 1. The van der Waals surface area contributed by atoms with Gasteiger partial charge in [-0.3, -0.25) is 0 Å². The molecule has 0 saturated carbocycles. The number of anilines is 1. The average Bonchev–Trinajstić information content (AvgIpc) is 2.30. The SMILES string of the molecule is CCOC(=O)c1sc(N)nc1C.Cl. The van der Waals surface area contributed by atoms with Crippen molar-refractivity contribution < 1.29 is 9.53 Å². The van der Waals surface area contributed by atoms with Crippen LogP contribution < -0.4 is 5.73 Å². The highest BCUT2D eigenvalue weighted by atomic mass is 35.5. The van der Waals surface area contributed by atoms with Gasteiger partial charge in [0.15, 0.2) is 5.13 Å². The van der Waals surface area contributed by atoms with Gasteiger partial charge in [0.1, 0.15) is 4.88 Å². The quantitative estimate of drug-likeness (QED) is 0.773. The lowest BCUT2D eigenvalue weighted by Gasteiger charge is -1.97. The highest BCUT2D eigenvalue weighted by Gasteiger charge is 2.14. The molecule has 1 heterocycles. The van der Waals surface area contributed by atoms with Crippen LogP contribution in [0.5, 0.6) is 0 Å². The summed E-state index contributed by atoms with van der Waals surface area (Å²) in [4.78, 5) is 15.6. The van der Waals surface area contributed by atoms with Crippen LogP contribution in [0.15, 0.2) is 0 Å². The first-order chi connectivity index (χ1) is 5.65. The lowest BCUT2D eigenvalue weighted by atomic mass is 10.4. The van der Waals surface area contributed by atoms with Crippen LogP contribution in [-0.2, 0) is 4.74 Å². The number of carbonyl (C=O) groups is 1. The molecule has 0 unspecified atom stereocenters. The van der Waals surface area contributed by atoms with Crippen LogP contribution >= 0.6 is 23.7 Å². The van der Waals surface area contributed by atoms with E-state index in [1.165, 1.54) is 0 Å². The van der Waals surface area contributed by atoms with Gasteiger partial charge in [0.2, 0.25) is 0 Å². The Bertz CT molecular complexity index is 301. The summed E-state index contributed by atoms with van der Waals surface area (Å²) in [5.41, 5.74) is 6.05. The molecule has 4 nitrogen and oxygen atoms in total. The van der Waals surface area contributed by atoms with Gasteiger partial charge in [-0.1, -0.05) is 11.3 Å². The fourth-order valence-corrected chi connectivity index (χ4v) is 1.53. The van der Waals surface area contributed by atoms with Crippen molar-refractivity contribution >= 4 is 34.8 Å². The van der Waals surface area contributed by atoms with Gasteiger partial charge >= 0.3 is 5.97 Å². The summed E-state index contributed by atoms with van der Waals surface area (Å²) in [7, 11) is 0. The topological polar surface area (TPSA) is 65.2 Å². The van der Waals surface area contributed by atoms with Crippen molar-refractivity contribution in [2.24, 2.45) is 0 Å². The largest absolute Gasteiger partial charge is 0.462 e. The summed E-state index contributed by atoms with van der Waals surface area (Å²) in [6.45, 7) is 3.87. The van der Waals surface area contributed by atoms with Crippen molar-refractivity contribution in [2.75, 3.05) is 12.3 Å². The number of halogens is 1. The Morgan fingerprint density at radius 2 is 2.31 bits per heavy atom. The normalized spacial score (nSPS) is 9.08. The summed E-state index contributed by atoms with van der Waals surface area (Å²) in [5.74, 6) is -0.343. The molecule has 0 spiro atoms. The maximum Gasteiger partial charge on any atom is 0.350 e. The molecule has 0 fully saturated rings. The van der Waals surface area contributed by atoms with Gasteiger partial charge in [0.25, 0.3) is 0 Å². The Labute approximate surface area is 86.5 Å². The molecular formula is C7H11ClN2O2S. The van der Waals surface area contributed by atoms with Crippen LogP contribution in [0.25, 0.3) is 0 Å². The number of carbonyl (C=O) groups excluding carboxylic acids is 1. The molecule has 6 heteroatoms. The number of hydrogen-bond donors (Lipinski definition) is 1. The standard InChI is InChI=1S/C7H10N2O2S.ClH/c1-3-11-6(10)5-4(2)9-7(8)12-5;/h3H2,1-2H3,(H2,8,9);1H. The third kappa shape index (κ3) is 2.86. The molecule has 1 aromatic heterocycles. The molecule has 0 aliphatic rings. The van der Waals surface area contributed by atoms with Crippen molar-refractivity contribution in [3.63, 3.8) is 0 Å².